The second-order valence-corrected chi connectivity index (χ2v) is 3.90. The van der Waals surface area contributed by atoms with Gasteiger partial charge in [-0.1, -0.05) is 6.07 Å². The molecule has 0 bridgehead atoms. The van der Waals surface area contributed by atoms with Gasteiger partial charge in [-0.15, -0.1) is 0 Å². The van der Waals surface area contributed by atoms with E-state index in [0.717, 1.165) is 6.07 Å². The van der Waals surface area contributed by atoms with Gasteiger partial charge in [-0.2, -0.15) is 5.26 Å². The number of nitrogens with zero attached hydrogens (tertiary/aromatic N) is 1. The minimum atomic E-state index is -0.492. The Morgan fingerprint density at radius 2 is 2.24 bits per heavy atom. The standard InChI is InChI=1S/C12H14FN3O/c1-8(2)16-12(17)15-7-10-4-3-9(6-14)5-11(10)13/h3-5,8H,7H2,1-2H3,(H2,15,16,17). The summed E-state index contributed by atoms with van der Waals surface area (Å²) in [6.07, 6.45) is 0. The molecule has 17 heavy (non-hydrogen) atoms. The van der Waals surface area contributed by atoms with Gasteiger partial charge in [0, 0.05) is 18.2 Å². The van der Waals surface area contributed by atoms with Crippen molar-refractivity contribution in [3.8, 4) is 6.07 Å². The highest BCUT2D eigenvalue weighted by Gasteiger charge is 2.06. The molecule has 5 heteroatoms. The zero-order valence-corrected chi connectivity index (χ0v) is 9.75. The molecule has 0 atom stereocenters. The van der Waals surface area contributed by atoms with E-state index in [0.29, 0.717) is 5.56 Å². The predicted molar refractivity (Wildman–Crippen MR) is 61.6 cm³/mol. The number of benzene rings is 1. The molecule has 0 aromatic heterocycles. The lowest BCUT2D eigenvalue weighted by molar-refractivity contribution is 0.238. The van der Waals surface area contributed by atoms with Gasteiger partial charge < -0.3 is 10.6 Å². The van der Waals surface area contributed by atoms with Gasteiger partial charge in [-0.05, 0) is 26.0 Å². The second-order valence-electron chi connectivity index (χ2n) is 3.90. The van der Waals surface area contributed by atoms with E-state index in [4.69, 9.17) is 5.26 Å². The number of nitriles is 1. The van der Waals surface area contributed by atoms with E-state index in [1.807, 2.05) is 19.9 Å². The summed E-state index contributed by atoms with van der Waals surface area (Å²) in [7, 11) is 0. The zero-order chi connectivity index (χ0) is 12.8. The van der Waals surface area contributed by atoms with Gasteiger partial charge in [0.2, 0.25) is 0 Å². The first-order valence-electron chi connectivity index (χ1n) is 5.26. The molecule has 0 unspecified atom stereocenters. The molecule has 2 N–H and O–H groups in total. The maximum Gasteiger partial charge on any atom is 0.315 e. The summed E-state index contributed by atoms with van der Waals surface area (Å²) in [5, 5.41) is 13.7. The van der Waals surface area contributed by atoms with Gasteiger partial charge in [0.1, 0.15) is 5.82 Å². The van der Waals surface area contributed by atoms with E-state index < -0.39 is 5.82 Å². The van der Waals surface area contributed by atoms with Crippen LogP contribution in [0.4, 0.5) is 9.18 Å². The first-order valence-corrected chi connectivity index (χ1v) is 5.26. The lowest BCUT2D eigenvalue weighted by Gasteiger charge is -2.10. The quantitative estimate of drug-likeness (QED) is 0.840. The largest absolute Gasteiger partial charge is 0.336 e. The van der Waals surface area contributed by atoms with Gasteiger partial charge in [0.05, 0.1) is 11.6 Å². The molecule has 0 aliphatic carbocycles. The maximum absolute atomic E-state index is 13.4. The van der Waals surface area contributed by atoms with Gasteiger partial charge in [0.25, 0.3) is 0 Å². The molecule has 0 saturated heterocycles. The lowest BCUT2D eigenvalue weighted by atomic mass is 10.1. The molecule has 4 nitrogen and oxygen atoms in total. The van der Waals surface area contributed by atoms with Crippen molar-refractivity contribution in [2.24, 2.45) is 0 Å². The number of urea groups is 1. The Hall–Kier alpha value is -2.09. The summed E-state index contributed by atoms with van der Waals surface area (Å²) in [4.78, 5) is 11.3. The highest BCUT2D eigenvalue weighted by atomic mass is 19.1. The van der Waals surface area contributed by atoms with Crippen LogP contribution in [0.15, 0.2) is 18.2 Å². The normalized spacial score (nSPS) is 9.82. The van der Waals surface area contributed by atoms with Crippen molar-refractivity contribution in [3.05, 3.63) is 35.1 Å². The number of halogens is 1. The van der Waals surface area contributed by atoms with E-state index >= 15 is 0 Å². The van der Waals surface area contributed by atoms with E-state index in [-0.39, 0.29) is 24.2 Å². The highest BCUT2D eigenvalue weighted by molar-refractivity contribution is 5.74. The van der Waals surface area contributed by atoms with Crippen LogP contribution in [-0.4, -0.2) is 12.1 Å². The highest BCUT2D eigenvalue weighted by Crippen LogP contribution is 2.09. The number of nitrogens with one attached hydrogen (secondary N) is 2. The van der Waals surface area contributed by atoms with Crippen molar-refractivity contribution >= 4 is 6.03 Å². The summed E-state index contributed by atoms with van der Waals surface area (Å²) in [6.45, 7) is 3.76. The molecule has 0 heterocycles. The van der Waals surface area contributed by atoms with Crippen LogP contribution in [0.2, 0.25) is 0 Å². The Morgan fingerprint density at radius 3 is 2.76 bits per heavy atom. The molecule has 0 fully saturated rings. The van der Waals surface area contributed by atoms with Crippen molar-refractivity contribution in [2.75, 3.05) is 0 Å². The SMILES string of the molecule is CC(C)NC(=O)NCc1ccc(C#N)cc1F. The summed E-state index contributed by atoms with van der Waals surface area (Å²) in [6, 6.07) is 5.69. The van der Waals surface area contributed by atoms with Crippen LogP contribution in [0.5, 0.6) is 0 Å². The topological polar surface area (TPSA) is 64.9 Å². The third-order valence-electron chi connectivity index (χ3n) is 2.04. The molecule has 0 radical (unpaired) electrons. The number of carbonyl (C=O) groups is 1. The molecule has 0 aliphatic rings. The fourth-order valence-electron chi connectivity index (χ4n) is 1.25. The Labute approximate surface area is 99.4 Å². The summed E-state index contributed by atoms with van der Waals surface area (Å²) in [5.41, 5.74) is 0.612. The van der Waals surface area contributed by atoms with Gasteiger partial charge in [-0.25, -0.2) is 9.18 Å². The van der Waals surface area contributed by atoms with Crippen molar-refractivity contribution in [2.45, 2.75) is 26.4 Å². The first-order chi connectivity index (χ1) is 8.02. The Balaban J connectivity index is 2.58. The monoisotopic (exact) mass is 235 g/mol. The minimum absolute atomic E-state index is 0.0285. The van der Waals surface area contributed by atoms with Gasteiger partial charge in [0.15, 0.2) is 0 Å². The molecule has 0 spiro atoms. The predicted octanol–water partition coefficient (Wildman–Crippen LogP) is 1.90. The molecule has 0 saturated carbocycles. The average molecular weight is 235 g/mol. The second kappa shape index (κ2) is 5.85. The number of rotatable bonds is 3. The van der Waals surface area contributed by atoms with Gasteiger partial charge >= 0.3 is 6.03 Å². The number of hydrogen-bond donors (Lipinski definition) is 2. The molecule has 0 aliphatic heterocycles. The van der Waals surface area contributed by atoms with E-state index in [2.05, 4.69) is 10.6 Å². The summed E-state index contributed by atoms with van der Waals surface area (Å²) < 4.78 is 13.4. The first kappa shape index (κ1) is 13.0. The smallest absolute Gasteiger partial charge is 0.315 e. The molecule has 1 aromatic rings. The Bertz CT molecular complexity index is 452. The maximum atomic E-state index is 13.4. The Kier molecular flexibility index (Phi) is 4.46. The van der Waals surface area contributed by atoms with E-state index in [1.165, 1.54) is 12.1 Å². The molecule has 1 rings (SSSR count). The fourth-order valence-corrected chi connectivity index (χ4v) is 1.25. The van der Waals surface area contributed by atoms with Crippen LogP contribution in [0.3, 0.4) is 0 Å². The third kappa shape index (κ3) is 4.11. The van der Waals surface area contributed by atoms with Crippen LogP contribution in [0.1, 0.15) is 25.0 Å². The van der Waals surface area contributed by atoms with E-state index in [9.17, 15) is 9.18 Å². The van der Waals surface area contributed by atoms with Crippen molar-refractivity contribution in [1.82, 2.24) is 10.6 Å². The summed E-state index contributed by atoms with van der Waals surface area (Å²) >= 11 is 0. The number of hydrogen-bond acceptors (Lipinski definition) is 2. The van der Waals surface area contributed by atoms with Crippen molar-refractivity contribution in [3.63, 3.8) is 0 Å². The van der Waals surface area contributed by atoms with Gasteiger partial charge in [-0.3, -0.25) is 0 Å². The number of carbonyl (C=O) groups excluding carboxylic acids is 1. The Morgan fingerprint density at radius 1 is 1.53 bits per heavy atom. The van der Waals surface area contributed by atoms with Crippen LogP contribution >= 0.6 is 0 Å². The summed E-state index contributed by atoms with van der Waals surface area (Å²) in [5.74, 6) is -0.492. The zero-order valence-electron chi connectivity index (χ0n) is 9.75. The minimum Gasteiger partial charge on any atom is -0.336 e. The van der Waals surface area contributed by atoms with E-state index in [1.54, 1.807) is 0 Å². The van der Waals surface area contributed by atoms with Crippen molar-refractivity contribution < 1.29 is 9.18 Å². The molecular weight excluding hydrogens is 221 g/mol. The van der Waals surface area contributed by atoms with Crippen LogP contribution in [0, 0.1) is 17.1 Å². The third-order valence-corrected chi connectivity index (χ3v) is 2.04. The molecule has 90 valence electrons. The van der Waals surface area contributed by atoms with Crippen molar-refractivity contribution in [1.29, 1.82) is 5.26 Å². The molecular formula is C12H14FN3O. The van der Waals surface area contributed by atoms with Crippen LogP contribution in [-0.2, 0) is 6.54 Å². The number of amides is 2. The van der Waals surface area contributed by atoms with Crippen LogP contribution < -0.4 is 10.6 Å². The molecule has 1 aromatic carbocycles. The average Bonchev–Trinajstić information content (AvgIpc) is 2.26. The fraction of sp³-hybridized carbons (Fsp3) is 0.333. The lowest BCUT2D eigenvalue weighted by Crippen LogP contribution is -2.39. The molecule has 2 amide bonds. The van der Waals surface area contributed by atoms with Crippen LogP contribution in [0.25, 0.3) is 0 Å².